The highest BCUT2D eigenvalue weighted by Crippen LogP contribution is 2.34. The maximum Gasteiger partial charge on any atom is 0.124 e. The zero-order chi connectivity index (χ0) is 9.97. The van der Waals surface area contributed by atoms with Crippen LogP contribution in [0, 0.1) is 0 Å². The molecule has 0 aliphatic carbocycles. The van der Waals surface area contributed by atoms with Crippen molar-refractivity contribution in [2.24, 2.45) is 0 Å². The van der Waals surface area contributed by atoms with E-state index in [1.54, 1.807) is 0 Å². The fraction of sp³-hybridized carbons (Fsp3) is 0.333. The van der Waals surface area contributed by atoms with Gasteiger partial charge in [0.25, 0.3) is 0 Å². The van der Waals surface area contributed by atoms with Crippen molar-refractivity contribution >= 4 is 0 Å². The van der Waals surface area contributed by atoms with E-state index in [0.29, 0.717) is 12.6 Å². The molecular formula is C12H15NO. The third kappa shape index (κ3) is 1.42. The molecule has 2 rings (SSSR count). The van der Waals surface area contributed by atoms with Crippen molar-refractivity contribution in [1.29, 1.82) is 0 Å². The van der Waals surface area contributed by atoms with E-state index in [9.17, 15) is 0 Å². The zero-order valence-corrected chi connectivity index (χ0v) is 8.58. The van der Waals surface area contributed by atoms with Crippen molar-refractivity contribution in [3.05, 3.63) is 41.5 Å². The van der Waals surface area contributed by atoms with Crippen LogP contribution in [0.25, 0.3) is 0 Å². The van der Waals surface area contributed by atoms with Gasteiger partial charge >= 0.3 is 0 Å². The van der Waals surface area contributed by atoms with Crippen LogP contribution < -0.4 is 10.1 Å². The van der Waals surface area contributed by atoms with Gasteiger partial charge in [-0.05, 0) is 25.6 Å². The molecule has 1 aliphatic rings. The molecule has 74 valence electrons. The minimum atomic E-state index is 0.310. The lowest BCUT2D eigenvalue weighted by molar-refractivity contribution is 0.311. The number of benzene rings is 1. The molecule has 0 saturated heterocycles. The Bertz CT molecular complexity index is 357. The Kier molecular flexibility index (Phi) is 2.55. The summed E-state index contributed by atoms with van der Waals surface area (Å²) in [6.07, 6.45) is 2.12. The number of para-hydroxylation sites is 1. The summed E-state index contributed by atoms with van der Waals surface area (Å²) < 4.78 is 5.65. The first-order valence-corrected chi connectivity index (χ1v) is 4.91. The molecule has 0 fully saturated rings. The van der Waals surface area contributed by atoms with Gasteiger partial charge in [0.15, 0.2) is 0 Å². The summed E-state index contributed by atoms with van der Waals surface area (Å²) in [5.41, 5.74) is 2.53. The Morgan fingerprint density at radius 1 is 1.43 bits per heavy atom. The van der Waals surface area contributed by atoms with Crippen molar-refractivity contribution in [3.63, 3.8) is 0 Å². The van der Waals surface area contributed by atoms with Crippen molar-refractivity contribution in [2.45, 2.75) is 13.0 Å². The first kappa shape index (κ1) is 9.28. The zero-order valence-electron chi connectivity index (χ0n) is 8.58. The maximum absolute atomic E-state index is 5.65. The van der Waals surface area contributed by atoms with Crippen LogP contribution in [0.2, 0.25) is 0 Å². The third-order valence-corrected chi connectivity index (χ3v) is 2.65. The molecule has 1 N–H and O–H groups in total. The van der Waals surface area contributed by atoms with Gasteiger partial charge in [-0.25, -0.2) is 0 Å². The lowest BCUT2D eigenvalue weighted by Gasteiger charge is -2.28. The number of likely N-dealkylation sites (N-methyl/N-ethyl adjacent to an activating group) is 1. The smallest absolute Gasteiger partial charge is 0.124 e. The van der Waals surface area contributed by atoms with Crippen LogP contribution >= 0.6 is 0 Å². The molecule has 2 nitrogen and oxygen atoms in total. The minimum absolute atomic E-state index is 0.310. The van der Waals surface area contributed by atoms with Crippen molar-refractivity contribution in [1.82, 2.24) is 5.32 Å². The number of allylic oxidation sites excluding steroid dienone is 1. The van der Waals surface area contributed by atoms with Gasteiger partial charge in [0, 0.05) is 5.56 Å². The van der Waals surface area contributed by atoms with E-state index in [0.717, 1.165) is 5.75 Å². The molecule has 1 aromatic rings. The molecule has 0 aromatic heterocycles. The van der Waals surface area contributed by atoms with Gasteiger partial charge in [0.2, 0.25) is 0 Å². The third-order valence-electron chi connectivity index (χ3n) is 2.65. The van der Waals surface area contributed by atoms with Crippen molar-refractivity contribution < 1.29 is 4.74 Å². The molecule has 0 radical (unpaired) electrons. The largest absolute Gasteiger partial charge is 0.489 e. The second kappa shape index (κ2) is 3.84. The van der Waals surface area contributed by atoms with Crippen LogP contribution in [0.1, 0.15) is 18.5 Å². The van der Waals surface area contributed by atoms with Crippen LogP contribution in [0.3, 0.4) is 0 Å². The Balaban J connectivity index is 2.44. The second-order valence-corrected chi connectivity index (χ2v) is 3.41. The average molecular weight is 189 g/mol. The molecule has 1 heterocycles. The summed E-state index contributed by atoms with van der Waals surface area (Å²) in [4.78, 5) is 0. The number of hydrogen-bond donors (Lipinski definition) is 1. The van der Waals surface area contributed by atoms with Crippen LogP contribution in [0.5, 0.6) is 5.75 Å². The molecule has 1 aromatic carbocycles. The normalized spacial score (nSPS) is 23.0. The SMILES string of the molecule is C/C=C1\COc2ccccc2C1NC. The van der Waals surface area contributed by atoms with E-state index in [2.05, 4.69) is 24.4 Å². The summed E-state index contributed by atoms with van der Waals surface area (Å²) >= 11 is 0. The molecule has 1 unspecified atom stereocenters. The fourth-order valence-corrected chi connectivity index (χ4v) is 1.89. The lowest BCUT2D eigenvalue weighted by atomic mass is 9.96. The van der Waals surface area contributed by atoms with E-state index in [-0.39, 0.29) is 0 Å². The Morgan fingerprint density at radius 2 is 2.21 bits per heavy atom. The van der Waals surface area contributed by atoms with Crippen LogP contribution in [0.4, 0.5) is 0 Å². The summed E-state index contributed by atoms with van der Waals surface area (Å²) in [6, 6.07) is 8.49. The van der Waals surface area contributed by atoms with E-state index < -0.39 is 0 Å². The predicted molar refractivity (Wildman–Crippen MR) is 57.5 cm³/mol. The molecular weight excluding hydrogens is 174 g/mol. The molecule has 1 aliphatic heterocycles. The number of rotatable bonds is 1. The highest BCUT2D eigenvalue weighted by Gasteiger charge is 2.22. The predicted octanol–water partition coefficient (Wildman–Crippen LogP) is 2.29. The molecule has 0 spiro atoms. The minimum Gasteiger partial charge on any atom is -0.489 e. The summed E-state index contributed by atoms with van der Waals surface area (Å²) in [6.45, 7) is 2.75. The van der Waals surface area contributed by atoms with Gasteiger partial charge in [0.05, 0.1) is 6.04 Å². The van der Waals surface area contributed by atoms with E-state index >= 15 is 0 Å². The lowest BCUT2D eigenvalue weighted by Crippen LogP contribution is -2.26. The average Bonchev–Trinajstić information content (AvgIpc) is 2.27. The van der Waals surface area contributed by atoms with Crippen molar-refractivity contribution in [2.75, 3.05) is 13.7 Å². The Labute approximate surface area is 84.6 Å². The molecule has 1 atom stereocenters. The monoisotopic (exact) mass is 189 g/mol. The van der Waals surface area contributed by atoms with Crippen LogP contribution in [-0.2, 0) is 0 Å². The maximum atomic E-state index is 5.65. The fourth-order valence-electron chi connectivity index (χ4n) is 1.89. The number of nitrogens with one attached hydrogen (secondary N) is 1. The molecule has 0 saturated carbocycles. The Hall–Kier alpha value is -1.28. The Morgan fingerprint density at radius 3 is 2.93 bits per heavy atom. The van der Waals surface area contributed by atoms with E-state index in [4.69, 9.17) is 4.74 Å². The second-order valence-electron chi connectivity index (χ2n) is 3.41. The molecule has 0 amide bonds. The van der Waals surface area contributed by atoms with Crippen LogP contribution in [-0.4, -0.2) is 13.7 Å². The van der Waals surface area contributed by atoms with Gasteiger partial charge in [-0.3, -0.25) is 0 Å². The number of fused-ring (bicyclic) bond motifs is 1. The van der Waals surface area contributed by atoms with Gasteiger partial charge < -0.3 is 10.1 Å². The molecule has 2 heteroatoms. The van der Waals surface area contributed by atoms with Crippen LogP contribution in [0.15, 0.2) is 35.9 Å². The highest BCUT2D eigenvalue weighted by atomic mass is 16.5. The molecule has 0 bridgehead atoms. The highest BCUT2D eigenvalue weighted by molar-refractivity contribution is 5.43. The topological polar surface area (TPSA) is 21.3 Å². The van der Waals surface area contributed by atoms with E-state index in [1.807, 2.05) is 25.2 Å². The van der Waals surface area contributed by atoms with Gasteiger partial charge in [-0.1, -0.05) is 24.3 Å². The van der Waals surface area contributed by atoms with Crippen molar-refractivity contribution in [3.8, 4) is 5.75 Å². The first-order valence-electron chi connectivity index (χ1n) is 4.91. The van der Waals surface area contributed by atoms with Gasteiger partial charge in [-0.15, -0.1) is 0 Å². The number of ether oxygens (including phenoxy) is 1. The first-order chi connectivity index (χ1) is 6.86. The molecule has 14 heavy (non-hydrogen) atoms. The summed E-state index contributed by atoms with van der Waals surface area (Å²) in [5.74, 6) is 0.998. The number of hydrogen-bond acceptors (Lipinski definition) is 2. The van der Waals surface area contributed by atoms with Gasteiger partial charge in [0.1, 0.15) is 12.4 Å². The standard InChI is InChI=1S/C12H15NO/c1-3-9-8-14-11-7-5-4-6-10(11)12(9)13-2/h3-7,12-13H,8H2,1-2H3/b9-3+. The van der Waals surface area contributed by atoms with Gasteiger partial charge in [-0.2, -0.15) is 0 Å². The quantitative estimate of drug-likeness (QED) is 0.684. The summed E-state index contributed by atoms with van der Waals surface area (Å²) in [5, 5.41) is 3.31. The van der Waals surface area contributed by atoms with E-state index in [1.165, 1.54) is 11.1 Å². The summed E-state index contributed by atoms with van der Waals surface area (Å²) in [7, 11) is 1.98.